The molecule has 1 amide bonds. The molecule has 0 heterocycles. The van der Waals surface area contributed by atoms with Crippen molar-refractivity contribution in [2.45, 2.75) is 96.2 Å². The van der Waals surface area contributed by atoms with Crippen molar-refractivity contribution in [3.05, 3.63) is 42.5 Å². The third-order valence-electron chi connectivity index (χ3n) is 12.9. The van der Waals surface area contributed by atoms with Gasteiger partial charge in [-0.3, -0.25) is 0 Å². The topological polar surface area (TPSA) is 113 Å². The predicted molar refractivity (Wildman–Crippen MR) is 167 cm³/mol. The Bertz CT molecular complexity index is 1460. The molecule has 6 rings (SSSR count). The standard InChI is InChI=1S/C35H49NO6S/c1-5-26-30-19-24(37)14-16-35(30,4)29-15-17-34(3)27(12-13-28(34)31(29)32(26)38)21(2)20-42-33(39)36-43(40,41)25-11-10-22-8-6-7-9-23(22)18-25/h6-11,18,21,24,26-32,37-38H,5,12-17,19-20H2,1-4H3,(H,36,39)/t21-,24-,26-,27-,28+,29+,30+,31+,32-,34-,35-/m1/s1. The summed E-state index contributed by atoms with van der Waals surface area (Å²) in [5, 5.41) is 24.2. The average Bonchev–Trinajstić information content (AvgIpc) is 3.33. The van der Waals surface area contributed by atoms with Crippen LogP contribution in [0.3, 0.4) is 0 Å². The van der Waals surface area contributed by atoms with Gasteiger partial charge in [0.2, 0.25) is 0 Å². The molecule has 0 aliphatic heterocycles. The third-order valence-corrected chi connectivity index (χ3v) is 14.2. The number of hydrogen-bond acceptors (Lipinski definition) is 6. The van der Waals surface area contributed by atoms with Crippen LogP contribution in [0.1, 0.15) is 79.1 Å². The van der Waals surface area contributed by atoms with E-state index in [0.29, 0.717) is 23.7 Å². The fourth-order valence-corrected chi connectivity index (χ4v) is 11.7. The van der Waals surface area contributed by atoms with Crippen LogP contribution in [-0.4, -0.2) is 43.5 Å². The molecule has 8 heteroatoms. The fourth-order valence-electron chi connectivity index (χ4n) is 10.8. The third kappa shape index (κ3) is 5.19. The number of amides is 1. The van der Waals surface area contributed by atoms with E-state index in [1.807, 2.05) is 24.3 Å². The van der Waals surface area contributed by atoms with Crippen LogP contribution in [-0.2, 0) is 14.8 Å². The van der Waals surface area contributed by atoms with E-state index in [1.165, 1.54) is 6.07 Å². The minimum absolute atomic E-state index is 0.0268. The first kappa shape index (κ1) is 30.8. The fraction of sp³-hybridized carbons (Fsp3) is 0.686. The Morgan fingerprint density at radius 1 is 0.977 bits per heavy atom. The van der Waals surface area contributed by atoms with Gasteiger partial charge in [-0.15, -0.1) is 0 Å². The summed E-state index contributed by atoms with van der Waals surface area (Å²) in [7, 11) is -4.06. The molecule has 0 unspecified atom stereocenters. The molecule has 0 spiro atoms. The number of fused-ring (bicyclic) bond motifs is 6. The lowest BCUT2D eigenvalue weighted by Gasteiger charge is -2.64. The Labute approximate surface area is 256 Å². The van der Waals surface area contributed by atoms with Gasteiger partial charge in [0.25, 0.3) is 10.0 Å². The summed E-state index contributed by atoms with van der Waals surface area (Å²) in [6.45, 7) is 9.30. The second kappa shape index (κ2) is 11.3. The molecule has 236 valence electrons. The Morgan fingerprint density at radius 3 is 2.42 bits per heavy atom. The zero-order valence-electron chi connectivity index (χ0n) is 26.0. The lowest BCUT2D eigenvalue weighted by molar-refractivity contribution is -0.203. The van der Waals surface area contributed by atoms with Crippen molar-refractivity contribution < 1.29 is 28.2 Å². The van der Waals surface area contributed by atoms with Crippen LogP contribution in [0.2, 0.25) is 0 Å². The molecule has 7 nitrogen and oxygen atoms in total. The van der Waals surface area contributed by atoms with E-state index in [0.717, 1.165) is 62.1 Å². The molecule has 0 saturated heterocycles. The van der Waals surface area contributed by atoms with Crippen molar-refractivity contribution in [2.24, 2.45) is 52.3 Å². The van der Waals surface area contributed by atoms with Crippen LogP contribution in [0, 0.1) is 52.3 Å². The van der Waals surface area contributed by atoms with Crippen molar-refractivity contribution in [1.29, 1.82) is 0 Å². The molecule has 0 aromatic heterocycles. The van der Waals surface area contributed by atoms with E-state index < -0.39 is 16.1 Å². The number of sulfonamides is 1. The number of ether oxygens (including phenoxy) is 1. The average molecular weight is 612 g/mol. The van der Waals surface area contributed by atoms with Gasteiger partial charge in [0, 0.05) is 0 Å². The highest BCUT2D eigenvalue weighted by Crippen LogP contribution is 2.69. The summed E-state index contributed by atoms with van der Waals surface area (Å²) in [6.07, 6.45) is 6.36. The smallest absolute Gasteiger partial charge is 0.421 e. The molecular formula is C35H49NO6S. The molecule has 4 fully saturated rings. The number of aliphatic hydroxyl groups is 2. The molecule has 2 aromatic carbocycles. The van der Waals surface area contributed by atoms with Crippen LogP contribution in [0.15, 0.2) is 47.4 Å². The van der Waals surface area contributed by atoms with Gasteiger partial charge in [-0.05, 0) is 120 Å². The number of benzene rings is 2. The number of hydrogen-bond donors (Lipinski definition) is 3. The van der Waals surface area contributed by atoms with Gasteiger partial charge in [-0.2, -0.15) is 0 Å². The first-order chi connectivity index (χ1) is 20.4. The van der Waals surface area contributed by atoms with Gasteiger partial charge in [0.05, 0.1) is 23.7 Å². The quantitative estimate of drug-likeness (QED) is 0.343. The molecular weight excluding hydrogens is 562 g/mol. The minimum atomic E-state index is -4.06. The van der Waals surface area contributed by atoms with E-state index in [1.54, 1.807) is 12.1 Å². The molecule has 2 aromatic rings. The van der Waals surface area contributed by atoms with Crippen molar-refractivity contribution in [1.82, 2.24) is 4.72 Å². The van der Waals surface area contributed by atoms with Gasteiger partial charge in [0.1, 0.15) is 0 Å². The maximum atomic E-state index is 12.9. The first-order valence-electron chi connectivity index (χ1n) is 16.4. The van der Waals surface area contributed by atoms with Gasteiger partial charge in [-0.1, -0.05) is 64.4 Å². The monoisotopic (exact) mass is 611 g/mol. The molecule has 0 radical (unpaired) electrons. The summed E-state index contributed by atoms with van der Waals surface area (Å²) < 4.78 is 33.5. The number of nitrogens with one attached hydrogen (secondary N) is 1. The van der Waals surface area contributed by atoms with Gasteiger partial charge in [-0.25, -0.2) is 17.9 Å². The summed E-state index contributed by atoms with van der Waals surface area (Å²) in [5.41, 5.74) is 0.195. The van der Waals surface area contributed by atoms with Crippen molar-refractivity contribution in [2.75, 3.05) is 6.61 Å². The first-order valence-corrected chi connectivity index (χ1v) is 17.9. The van der Waals surface area contributed by atoms with Crippen molar-refractivity contribution >= 4 is 26.9 Å². The Hall–Kier alpha value is -2.16. The Balaban J connectivity index is 1.12. The lowest BCUT2D eigenvalue weighted by Crippen LogP contribution is -2.62. The summed E-state index contributed by atoms with van der Waals surface area (Å²) in [4.78, 5) is 12.7. The molecule has 4 aliphatic carbocycles. The molecule has 4 saturated carbocycles. The van der Waals surface area contributed by atoms with Crippen LogP contribution in [0.4, 0.5) is 4.79 Å². The number of aliphatic hydroxyl groups excluding tert-OH is 2. The van der Waals surface area contributed by atoms with Gasteiger partial charge in [0.15, 0.2) is 0 Å². The predicted octanol–water partition coefficient (Wildman–Crippen LogP) is 6.52. The minimum Gasteiger partial charge on any atom is -0.449 e. The second-order valence-corrected chi connectivity index (χ2v) is 16.5. The molecule has 43 heavy (non-hydrogen) atoms. The second-order valence-electron chi connectivity index (χ2n) is 14.8. The lowest BCUT2D eigenvalue weighted by atomic mass is 9.41. The van der Waals surface area contributed by atoms with Crippen LogP contribution in [0.5, 0.6) is 0 Å². The highest BCUT2D eigenvalue weighted by atomic mass is 32.2. The van der Waals surface area contributed by atoms with Crippen LogP contribution >= 0.6 is 0 Å². The zero-order valence-corrected chi connectivity index (χ0v) is 26.9. The summed E-state index contributed by atoms with van der Waals surface area (Å²) in [6, 6.07) is 12.3. The molecule has 3 N–H and O–H groups in total. The van der Waals surface area contributed by atoms with E-state index >= 15 is 0 Å². The largest absolute Gasteiger partial charge is 0.449 e. The van der Waals surface area contributed by atoms with E-state index in [9.17, 15) is 23.4 Å². The Morgan fingerprint density at radius 2 is 1.67 bits per heavy atom. The molecule has 11 atom stereocenters. The zero-order chi connectivity index (χ0) is 30.7. The van der Waals surface area contributed by atoms with Crippen molar-refractivity contribution in [3.8, 4) is 0 Å². The SMILES string of the molecule is CC[C@H]1[C@@H](O)[C@@H]2[C@H](CC[C@]3(C)[C@@H]([C@H](C)COC(=O)NS(=O)(=O)c4ccc5ccccc5c4)CC[C@@H]23)[C@@]2(C)CC[C@@H](O)C[C@@H]12. The highest BCUT2D eigenvalue weighted by molar-refractivity contribution is 7.90. The van der Waals surface area contributed by atoms with Crippen LogP contribution < -0.4 is 4.72 Å². The van der Waals surface area contributed by atoms with Crippen molar-refractivity contribution in [3.63, 3.8) is 0 Å². The number of carbonyl (C=O) groups is 1. The highest BCUT2D eigenvalue weighted by Gasteiger charge is 2.64. The molecule has 4 aliphatic rings. The van der Waals surface area contributed by atoms with E-state index in [-0.39, 0.29) is 52.3 Å². The maximum absolute atomic E-state index is 12.9. The van der Waals surface area contributed by atoms with Crippen LogP contribution in [0.25, 0.3) is 10.8 Å². The maximum Gasteiger partial charge on any atom is 0.421 e. The van der Waals surface area contributed by atoms with Gasteiger partial charge >= 0.3 is 6.09 Å². The summed E-state index contributed by atoms with van der Waals surface area (Å²) in [5.74, 6) is 2.12. The van der Waals surface area contributed by atoms with E-state index in [4.69, 9.17) is 4.74 Å². The molecule has 0 bridgehead atoms. The summed E-state index contributed by atoms with van der Waals surface area (Å²) >= 11 is 0. The number of rotatable bonds is 6. The van der Waals surface area contributed by atoms with E-state index in [2.05, 4.69) is 32.4 Å². The number of carbonyl (C=O) groups excluding carboxylic acids is 1. The normalized spacial score (nSPS) is 39.8. The van der Waals surface area contributed by atoms with Gasteiger partial charge < -0.3 is 14.9 Å². The Kier molecular flexibility index (Phi) is 8.13.